The maximum Gasteiger partial charge on any atom is 0.262 e. The first kappa shape index (κ1) is 20.4. The number of aromatic nitrogens is 2. The Morgan fingerprint density at radius 1 is 1.38 bits per heavy atom. The molecule has 0 aromatic carbocycles. The topological polar surface area (TPSA) is 88.0 Å². The van der Waals surface area contributed by atoms with Gasteiger partial charge in [0.25, 0.3) is 5.91 Å². The highest BCUT2D eigenvalue weighted by molar-refractivity contribution is 7.20. The quantitative estimate of drug-likeness (QED) is 0.636. The fourth-order valence-electron chi connectivity index (χ4n) is 2.25. The van der Waals surface area contributed by atoms with Crippen molar-refractivity contribution in [2.24, 2.45) is 7.05 Å². The summed E-state index contributed by atoms with van der Waals surface area (Å²) in [5.74, 6) is -0.421. The third-order valence-electron chi connectivity index (χ3n) is 3.51. The van der Waals surface area contributed by atoms with Crippen molar-refractivity contribution in [2.75, 3.05) is 19.6 Å². The summed E-state index contributed by atoms with van der Waals surface area (Å²) in [7, 11) is 1.86. The Kier molecular flexibility index (Phi) is 7.65. The molecule has 134 valence electrons. The molecule has 1 atom stereocenters. The van der Waals surface area contributed by atoms with Crippen molar-refractivity contribution in [1.29, 1.82) is 0 Å². The fourth-order valence-corrected chi connectivity index (χ4v) is 3.28. The van der Waals surface area contributed by atoms with Crippen molar-refractivity contribution in [3.63, 3.8) is 0 Å². The van der Waals surface area contributed by atoms with Crippen molar-refractivity contribution in [1.82, 2.24) is 25.7 Å². The molecule has 2 heterocycles. The van der Waals surface area contributed by atoms with E-state index in [0.29, 0.717) is 18.0 Å². The fraction of sp³-hybridized carbons (Fsp3) is 0.533. The Labute approximate surface area is 151 Å². The van der Waals surface area contributed by atoms with Crippen LogP contribution < -0.4 is 16.0 Å². The molecule has 0 saturated carbocycles. The highest BCUT2D eigenvalue weighted by Crippen LogP contribution is 2.27. The number of nitrogens with one attached hydrogen (secondary N) is 3. The summed E-state index contributed by atoms with van der Waals surface area (Å²) in [5, 5.41) is 13.9. The van der Waals surface area contributed by atoms with E-state index in [1.165, 1.54) is 11.3 Å². The number of carbonyl (C=O) groups is 2. The molecule has 0 radical (unpaired) electrons. The number of rotatable bonds is 7. The number of halogens is 1. The smallest absolute Gasteiger partial charge is 0.262 e. The van der Waals surface area contributed by atoms with Crippen molar-refractivity contribution in [3.05, 3.63) is 16.6 Å². The summed E-state index contributed by atoms with van der Waals surface area (Å²) in [5.41, 5.74) is 0.895. The Morgan fingerprint density at radius 3 is 2.71 bits per heavy atom. The van der Waals surface area contributed by atoms with Gasteiger partial charge in [0.2, 0.25) is 5.91 Å². The Balaban J connectivity index is 0.00000288. The Bertz CT molecular complexity index is 678. The number of nitrogens with zero attached hydrogens (tertiary/aromatic N) is 2. The van der Waals surface area contributed by atoms with E-state index in [-0.39, 0.29) is 24.2 Å². The maximum absolute atomic E-state index is 12.3. The van der Waals surface area contributed by atoms with Gasteiger partial charge in [-0.2, -0.15) is 5.10 Å². The van der Waals surface area contributed by atoms with Crippen LogP contribution in [0.15, 0.2) is 6.07 Å². The SMILES string of the molecule is CCNCCNC(=O)C(C)NC(=O)c1cc2c(C)nn(C)c2s1.Cl. The molecule has 0 aliphatic carbocycles. The molecule has 0 fully saturated rings. The summed E-state index contributed by atoms with van der Waals surface area (Å²) in [4.78, 5) is 25.8. The highest BCUT2D eigenvalue weighted by Gasteiger charge is 2.19. The van der Waals surface area contributed by atoms with Crippen molar-refractivity contribution >= 4 is 45.8 Å². The summed E-state index contributed by atoms with van der Waals surface area (Å²) in [6, 6.07) is 1.25. The molecular weight excluding hydrogens is 350 g/mol. The standard InChI is InChI=1S/C15H23N5O2S.ClH/c1-5-16-6-7-17-13(21)10(3)18-14(22)12-8-11-9(2)19-20(4)15(11)23-12;/h8,10,16H,5-7H2,1-4H3,(H,17,21)(H,18,22);1H. The molecule has 0 saturated heterocycles. The van der Waals surface area contributed by atoms with Gasteiger partial charge in [-0.25, -0.2) is 0 Å². The van der Waals surface area contributed by atoms with E-state index in [1.807, 2.05) is 27.0 Å². The number of hydrogen-bond acceptors (Lipinski definition) is 5. The third kappa shape index (κ3) is 4.68. The number of likely N-dealkylation sites (N-methyl/N-ethyl adjacent to an activating group) is 1. The van der Waals surface area contributed by atoms with Crippen LogP contribution in [0.2, 0.25) is 0 Å². The average molecular weight is 374 g/mol. The van der Waals surface area contributed by atoms with Gasteiger partial charge in [-0.15, -0.1) is 23.7 Å². The second-order valence-electron chi connectivity index (χ2n) is 5.38. The predicted octanol–water partition coefficient (Wildman–Crippen LogP) is 1.21. The monoisotopic (exact) mass is 373 g/mol. The van der Waals surface area contributed by atoms with Crippen LogP contribution in [0.3, 0.4) is 0 Å². The van der Waals surface area contributed by atoms with E-state index < -0.39 is 6.04 Å². The molecule has 2 aromatic heterocycles. The molecule has 24 heavy (non-hydrogen) atoms. The lowest BCUT2D eigenvalue weighted by Gasteiger charge is -2.13. The minimum atomic E-state index is -0.575. The molecule has 3 N–H and O–H groups in total. The summed E-state index contributed by atoms with van der Waals surface area (Å²) in [6.45, 7) is 7.72. The van der Waals surface area contributed by atoms with Crippen molar-refractivity contribution in [2.45, 2.75) is 26.8 Å². The lowest BCUT2D eigenvalue weighted by Crippen LogP contribution is -2.46. The summed E-state index contributed by atoms with van der Waals surface area (Å²) >= 11 is 1.38. The third-order valence-corrected chi connectivity index (χ3v) is 4.71. The minimum absolute atomic E-state index is 0. The second-order valence-corrected chi connectivity index (χ2v) is 6.41. The van der Waals surface area contributed by atoms with E-state index >= 15 is 0 Å². The van der Waals surface area contributed by atoms with Crippen molar-refractivity contribution < 1.29 is 9.59 Å². The number of aryl methyl sites for hydroxylation is 2. The number of thiophene rings is 1. The molecule has 0 aliphatic heterocycles. The van der Waals surface area contributed by atoms with Crippen LogP contribution in [0.4, 0.5) is 0 Å². The zero-order chi connectivity index (χ0) is 17.0. The zero-order valence-electron chi connectivity index (χ0n) is 14.3. The number of fused-ring (bicyclic) bond motifs is 1. The molecule has 2 rings (SSSR count). The first-order chi connectivity index (χ1) is 10.9. The van der Waals surface area contributed by atoms with E-state index in [1.54, 1.807) is 11.6 Å². The average Bonchev–Trinajstić information content (AvgIpc) is 3.06. The van der Waals surface area contributed by atoms with Crippen molar-refractivity contribution in [3.8, 4) is 0 Å². The molecule has 0 spiro atoms. The zero-order valence-corrected chi connectivity index (χ0v) is 15.9. The predicted molar refractivity (Wildman–Crippen MR) is 99.1 cm³/mol. The molecule has 1 unspecified atom stereocenters. The highest BCUT2D eigenvalue weighted by atomic mass is 35.5. The molecular formula is C15H24ClN5O2S. The molecule has 2 amide bonds. The van der Waals surface area contributed by atoms with Gasteiger partial charge in [0.1, 0.15) is 10.9 Å². The molecule has 9 heteroatoms. The normalized spacial score (nSPS) is 11.8. The minimum Gasteiger partial charge on any atom is -0.353 e. The van der Waals surface area contributed by atoms with Gasteiger partial charge in [-0.3, -0.25) is 14.3 Å². The molecule has 2 aromatic rings. The molecule has 7 nitrogen and oxygen atoms in total. The van der Waals surface area contributed by atoms with Gasteiger partial charge >= 0.3 is 0 Å². The van der Waals surface area contributed by atoms with E-state index in [4.69, 9.17) is 0 Å². The van der Waals surface area contributed by atoms with E-state index in [0.717, 1.165) is 22.5 Å². The van der Waals surface area contributed by atoms with E-state index in [9.17, 15) is 9.59 Å². The maximum atomic E-state index is 12.3. The number of amides is 2. The van der Waals surface area contributed by atoms with Crippen LogP contribution in [0.25, 0.3) is 10.2 Å². The van der Waals surface area contributed by atoms with Gasteiger partial charge in [0.05, 0.1) is 10.6 Å². The molecule has 0 aliphatic rings. The lowest BCUT2D eigenvalue weighted by atomic mass is 10.2. The lowest BCUT2D eigenvalue weighted by molar-refractivity contribution is -0.122. The van der Waals surface area contributed by atoms with Gasteiger partial charge in [-0.1, -0.05) is 6.92 Å². The summed E-state index contributed by atoms with van der Waals surface area (Å²) < 4.78 is 1.77. The van der Waals surface area contributed by atoms with Gasteiger partial charge in [0.15, 0.2) is 0 Å². The Hall–Kier alpha value is -1.64. The van der Waals surface area contributed by atoms with Crippen LogP contribution in [0.1, 0.15) is 29.2 Å². The van der Waals surface area contributed by atoms with Gasteiger partial charge in [-0.05, 0) is 26.5 Å². The number of hydrogen-bond donors (Lipinski definition) is 3. The van der Waals surface area contributed by atoms with Crippen LogP contribution >= 0.6 is 23.7 Å². The van der Waals surface area contributed by atoms with Gasteiger partial charge < -0.3 is 16.0 Å². The van der Waals surface area contributed by atoms with Crippen LogP contribution in [0, 0.1) is 6.92 Å². The van der Waals surface area contributed by atoms with Crippen LogP contribution in [0.5, 0.6) is 0 Å². The Morgan fingerprint density at radius 2 is 2.08 bits per heavy atom. The van der Waals surface area contributed by atoms with Gasteiger partial charge in [0, 0.05) is 25.5 Å². The first-order valence-electron chi connectivity index (χ1n) is 7.66. The molecule has 0 bridgehead atoms. The second kappa shape index (κ2) is 9.00. The summed E-state index contributed by atoms with van der Waals surface area (Å²) in [6.07, 6.45) is 0. The van der Waals surface area contributed by atoms with Crippen LogP contribution in [-0.2, 0) is 11.8 Å². The van der Waals surface area contributed by atoms with E-state index in [2.05, 4.69) is 21.0 Å². The number of carbonyl (C=O) groups excluding carboxylic acids is 2. The van der Waals surface area contributed by atoms with Crippen LogP contribution in [-0.4, -0.2) is 47.3 Å². The largest absolute Gasteiger partial charge is 0.353 e. The first-order valence-corrected chi connectivity index (χ1v) is 8.48.